The topological polar surface area (TPSA) is 35.2 Å². The van der Waals surface area contributed by atoms with Crippen molar-refractivity contribution in [2.45, 2.75) is 50.5 Å². The van der Waals surface area contributed by atoms with Crippen LogP contribution in [-0.2, 0) is 5.54 Å². The molecule has 0 atom stereocenters. The Bertz CT molecular complexity index is 450. The predicted molar refractivity (Wildman–Crippen MR) is 78.6 cm³/mol. The SMILES string of the molecule is NC1(c2cc(Cl)cc(OCC3CC3)c2)CCCCC1. The van der Waals surface area contributed by atoms with Crippen LogP contribution in [-0.4, -0.2) is 6.61 Å². The van der Waals surface area contributed by atoms with Crippen molar-refractivity contribution in [3.8, 4) is 5.75 Å². The largest absolute Gasteiger partial charge is 0.493 e. The molecule has 2 aliphatic carbocycles. The smallest absolute Gasteiger partial charge is 0.121 e. The van der Waals surface area contributed by atoms with E-state index in [-0.39, 0.29) is 5.54 Å². The van der Waals surface area contributed by atoms with Gasteiger partial charge in [0.05, 0.1) is 6.61 Å². The van der Waals surface area contributed by atoms with Gasteiger partial charge in [-0.05, 0) is 55.4 Å². The molecule has 3 heteroatoms. The minimum Gasteiger partial charge on any atom is -0.493 e. The van der Waals surface area contributed by atoms with Gasteiger partial charge in [0.2, 0.25) is 0 Å². The van der Waals surface area contributed by atoms with Crippen LogP contribution in [0.15, 0.2) is 18.2 Å². The minimum atomic E-state index is -0.207. The molecule has 0 saturated heterocycles. The lowest BCUT2D eigenvalue weighted by Crippen LogP contribution is -2.38. The standard InChI is InChI=1S/C16H22ClNO/c17-14-8-13(16(18)6-2-1-3-7-16)9-15(10-14)19-11-12-4-5-12/h8-10,12H,1-7,11,18H2. The van der Waals surface area contributed by atoms with Crippen molar-refractivity contribution in [1.29, 1.82) is 0 Å². The van der Waals surface area contributed by atoms with Crippen molar-refractivity contribution in [3.05, 3.63) is 28.8 Å². The molecule has 0 amide bonds. The van der Waals surface area contributed by atoms with E-state index in [1.807, 2.05) is 12.1 Å². The molecule has 2 N–H and O–H groups in total. The summed E-state index contributed by atoms with van der Waals surface area (Å²) >= 11 is 6.23. The van der Waals surface area contributed by atoms with Gasteiger partial charge >= 0.3 is 0 Å². The molecular weight excluding hydrogens is 258 g/mol. The highest BCUT2D eigenvalue weighted by atomic mass is 35.5. The number of hydrogen-bond donors (Lipinski definition) is 1. The Balaban J connectivity index is 1.79. The molecule has 0 bridgehead atoms. The van der Waals surface area contributed by atoms with Crippen molar-refractivity contribution in [2.75, 3.05) is 6.61 Å². The minimum absolute atomic E-state index is 0.207. The van der Waals surface area contributed by atoms with Crippen LogP contribution in [0.1, 0.15) is 50.5 Å². The lowest BCUT2D eigenvalue weighted by atomic mass is 9.77. The van der Waals surface area contributed by atoms with E-state index in [4.69, 9.17) is 22.1 Å². The van der Waals surface area contributed by atoms with Gasteiger partial charge in [-0.2, -0.15) is 0 Å². The molecule has 0 aliphatic heterocycles. The van der Waals surface area contributed by atoms with Gasteiger partial charge in [0, 0.05) is 10.6 Å². The van der Waals surface area contributed by atoms with E-state index in [1.54, 1.807) is 0 Å². The Kier molecular flexibility index (Phi) is 3.72. The van der Waals surface area contributed by atoms with Gasteiger partial charge in [-0.25, -0.2) is 0 Å². The van der Waals surface area contributed by atoms with Crippen molar-refractivity contribution >= 4 is 11.6 Å². The molecule has 2 fully saturated rings. The summed E-state index contributed by atoms with van der Waals surface area (Å²) < 4.78 is 5.85. The number of hydrogen-bond acceptors (Lipinski definition) is 2. The summed E-state index contributed by atoms with van der Waals surface area (Å²) in [5.41, 5.74) is 7.51. The molecule has 2 saturated carbocycles. The van der Waals surface area contributed by atoms with E-state index in [0.29, 0.717) is 0 Å². The van der Waals surface area contributed by atoms with Gasteiger partial charge in [-0.3, -0.25) is 0 Å². The molecular formula is C16H22ClNO. The fraction of sp³-hybridized carbons (Fsp3) is 0.625. The quantitative estimate of drug-likeness (QED) is 0.894. The third-order valence-electron chi connectivity index (χ3n) is 4.37. The van der Waals surface area contributed by atoms with E-state index in [9.17, 15) is 0 Å². The Hall–Kier alpha value is -0.730. The van der Waals surface area contributed by atoms with Crippen molar-refractivity contribution in [1.82, 2.24) is 0 Å². The molecule has 0 aromatic heterocycles. The first kappa shape index (κ1) is 13.3. The first-order valence-corrected chi connectivity index (χ1v) is 7.76. The second kappa shape index (κ2) is 5.34. The average molecular weight is 280 g/mol. The van der Waals surface area contributed by atoms with E-state index in [2.05, 4.69) is 6.07 Å². The molecule has 0 radical (unpaired) electrons. The Labute approximate surface area is 120 Å². The summed E-state index contributed by atoms with van der Waals surface area (Å²) in [6.45, 7) is 0.817. The molecule has 0 spiro atoms. The van der Waals surface area contributed by atoms with Gasteiger partial charge in [-0.1, -0.05) is 30.9 Å². The lowest BCUT2D eigenvalue weighted by Gasteiger charge is -2.34. The third-order valence-corrected chi connectivity index (χ3v) is 4.59. The number of nitrogens with two attached hydrogens (primary N) is 1. The van der Waals surface area contributed by atoms with E-state index >= 15 is 0 Å². The van der Waals surface area contributed by atoms with Crippen LogP contribution in [0.2, 0.25) is 5.02 Å². The summed E-state index contributed by atoms with van der Waals surface area (Å²) in [6, 6.07) is 6.01. The maximum absolute atomic E-state index is 6.57. The predicted octanol–water partition coefficient (Wildman–Crippen LogP) is 4.25. The van der Waals surface area contributed by atoms with Crippen LogP contribution in [0.25, 0.3) is 0 Å². The fourth-order valence-electron chi connectivity index (χ4n) is 2.90. The fourth-order valence-corrected chi connectivity index (χ4v) is 3.13. The van der Waals surface area contributed by atoms with Crippen molar-refractivity contribution < 1.29 is 4.74 Å². The molecule has 3 rings (SSSR count). The van der Waals surface area contributed by atoms with Gasteiger partial charge < -0.3 is 10.5 Å². The Morgan fingerprint density at radius 2 is 1.89 bits per heavy atom. The van der Waals surface area contributed by atoms with Gasteiger partial charge in [0.15, 0.2) is 0 Å². The molecule has 1 aromatic carbocycles. The Morgan fingerprint density at radius 3 is 2.58 bits per heavy atom. The second-order valence-electron chi connectivity index (χ2n) is 6.15. The zero-order valence-electron chi connectivity index (χ0n) is 11.3. The molecule has 0 unspecified atom stereocenters. The van der Waals surface area contributed by atoms with Crippen LogP contribution >= 0.6 is 11.6 Å². The molecule has 1 aromatic rings. The zero-order chi connectivity index (χ0) is 13.3. The van der Waals surface area contributed by atoms with Gasteiger partial charge in [0.25, 0.3) is 0 Å². The monoisotopic (exact) mass is 279 g/mol. The van der Waals surface area contributed by atoms with Crippen LogP contribution < -0.4 is 10.5 Å². The second-order valence-corrected chi connectivity index (χ2v) is 6.58. The summed E-state index contributed by atoms with van der Waals surface area (Å²) in [5.74, 6) is 1.63. The van der Waals surface area contributed by atoms with E-state index < -0.39 is 0 Å². The van der Waals surface area contributed by atoms with E-state index in [1.165, 1.54) is 32.1 Å². The van der Waals surface area contributed by atoms with E-state index in [0.717, 1.165) is 41.7 Å². The molecule has 2 nitrogen and oxygen atoms in total. The number of rotatable bonds is 4. The highest BCUT2D eigenvalue weighted by molar-refractivity contribution is 6.30. The lowest BCUT2D eigenvalue weighted by molar-refractivity contribution is 0.289. The summed E-state index contributed by atoms with van der Waals surface area (Å²) in [7, 11) is 0. The maximum Gasteiger partial charge on any atom is 0.121 e. The molecule has 2 aliphatic rings. The highest BCUT2D eigenvalue weighted by Crippen LogP contribution is 2.38. The normalized spacial score (nSPS) is 22.2. The molecule has 0 heterocycles. The first-order valence-electron chi connectivity index (χ1n) is 7.38. The number of halogens is 1. The van der Waals surface area contributed by atoms with Crippen LogP contribution in [0.3, 0.4) is 0 Å². The van der Waals surface area contributed by atoms with Crippen LogP contribution in [0, 0.1) is 5.92 Å². The molecule has 19 heavy (non-hydrogen) atoms. The number of benzene rings is 1. The maximum atomic E-state index is 6.57. The first-order chi connectivity index (χ1) is 9.16. The van der Waals surface area contributed by atoms with Crippen LogP contribution in [0.5, 0.6) is 5.75 Å². The number of ether oxygens (including phenoxy) is 1. The van der Waals surface area contributed by atoms with Gasteiger partial charge in [-0.15, -0.1) is 0 Å². The van der Waals surface area contributed by atoms with Crippen molar-refractivity contribution in [3.63, 3.8) is 0 Å². The Morgan fingerprint density at radius 1 is 1.16 bits per heavy atom. The summed E-state index contributed by atoms with van der Waals surface area (Å²) in [4.78, 5) is 0. The van der Waals surface area contributed by atoms with Gasteiger partial charge in [0.1, 0.15) is 5.75 Å². The average Bonchev–Trinajstić information content (AvgIpc) is 3.21. The summed E-state index contributed by atoms with van der Waals surface area (Å²) in [5, 5.41) is 0.735. The zero-order valence-corrected chi connectivity index (χ0v) is 12.1. The van der Waals surface area contributed by atoms with Crippen LogP contribution in [0.4, 0.5) is 0 Å². The third kappa shape index (κ3) is 3.24. The highest BCUT2D eigenvalue weighted by Gasteiger charge is 2.30. The molecule has 104 valence electrons. The van der Waals surface area contributed by atoms with Crippen molar-refractivity contribution in [2.24, 2.45) is 11.7 Å². The summed E-state index contributed by atoms with van der Waals surface area (Å²) in [6.07, 6.45) is 8.42.